The molecule has 1 heterocycles. The summed E-state index contributed by atoms with van der Waals surface area (Å²) in [5.41, 5.74) is 0. The van der Waals surface area contributed by atoms with Crippen LogP contribution in [0.25, 0.3) is 0 Å². The van der Waals surface area contributed by atoms with Gasteiger partial charge >= 0.3 is 0 Å². The van der Waals surface area contributed by atoms with Crippen LogP contribution in [-0.2, 0) is 0 Å². The number of aliphatic imine (C=N–C) groups is 1. The first-order valence-electron chi connectivity index (χ1n) is 7.35. The zero-order chi connectivity index (χ0) is 13.4. The summed E-state index contributed by atoms with van der Waals surface area (Å²) in [5, 5.41) is 6.81. The summed E-state index contributed by atoms with van der Waals surface area (Å²) in [6.07, 6.45) is 3.86. The molecule has 4 nitrogen and oxygen atoms in total. The quantitative estimate of drug-likeness (QED) is 0.421. The lowest BCUT2D eigenvalue weighted by Gasteiger charge is -2.22. The van der Waals surface area contributed by atoms with Gasteiger partial charge in [0.2, 0.25) is 0 Å². The topological polar surface area (TPSA) is 39.7 Å². The second kappa shape index (κ2) is 10.7. The van der Waals surface area contributed by atoms with Crippen LogP contribution in [-0.4, -0.2) is 50.1 Å². The van der Waals surface area contributed by atoms with Gasteiger partial charge in [0.05, 0.1) is 0 Å². The molecule has 2 N–H and O–H groups in total. The van der Waals surface area contributed by atoms with Crippen molar-refractivity contribution in [2.45, 2.75) is 46.1 Å². The van der Waals surface area contributed by atoms with Gasteiger partial charge in [-0.25, -0.2) is 0 Å². The van der Waals surface area contributed by atoms with E-state index in [1.165, 1.54) is 32.5 Å². The summed E-state index contributed by atoms with van der Waals surface area (Å²) in [4.78, 5) is 6.83. The van der Waals surface area contributed by atoms with E-state index in [1.54, 1.807) is 0 Å². The Kier molecular flexibility index (Phi) is 10.7. The molecule has 114 valence electrons. The van der Waals surface area contributed by atoms with E-state index in [0.29, 0.717) is 12.0 Å². The molecule has 1 fully saturated rings. The lowest BCUT2D eigenvalue weighted by molar-refractivity contribution is 0.287. The summed E-state index contributed by atoms with van der Waals surface area (Å²) < 4.78 is 0. The highest BCUT2D eigenvalue weighted by molar-refractivity contribution is 14.0. The van der Waals surface area contributed by atoms with Crippen molar-refractivity contribution < 1.29 is 0 Å². The Labute approximate surface area is 135 Å². The van der Waals surface area contributed by atoms with Crippen molar-refractivity contribution >= 4 is 29.9 Å². The molecular formula is C14H31IN4. The minimum Gasteiger partial charge on any atom is -0.356 e. The van der Waals surface area contributed by atoms with Gasteiger partial charge in [0.15, 0.2) is 5.96 Å². The maximum Gasteiger partial charge on any atom is 0.191 e. The third kappa shape index (κ3) is 7.97. The predicted molar refractivity (Wildman–Crippen MR) is 94.5 cm³/mol. The molecule has 0 aromatic heterocycles. The van der Waals surface area contributed by atoms with Gasteiger partial charge in [-0.1, -0.05) is 13.8 Å². The van der Waals surface area contributed by atoms with Crippen LogP contribution in [0, 0.1) is 5.92 Å². The van der Waals surface area contributed by atoms with Gasteiger partial charge in [-0.2, -0.15) is 0 Å². The number of rotatable bonds is 6. The molecule has 5 heteroatoms. The van der Waals surface area contributed by atoms with E-state index in [2.05, 4.69) is 41.3 Å². The molecule has 0 aromatic carbocycles. The molecule has 0 radical (unpaired) electrons. The molecule has 2 unspecified atom stereocenters. The summed E-state index contributed by atoms with van der Waals surface area (Å²) in [5.74, 6) is 1.59. The molecule has 0 aliphatic carbocycles. The fourth-order valence-electron chi connectivity index (χ4n) is 2.27. The number of halogens is 1. The van der Waals surface area contributed by atoms with Crippen molar-refractivity contribution in [2.75, 3.05) is 33.2 Å². The van der Waals surface area contributed by atoms with Gasteiger partial charge < -0.3 is 15.5 Å². The SMILES string of the molecule is CCC(C)NC(=NC)NCC(C)CN1CCCC1.I. The zero-order valence-corrected chi connectivity index (χ0v) is 15.2. The van der Waals surface area contributed by atoms with Crippen LogP contribution < -0.4 is 10.6 Å². The summed E-state index contributed by atoms with van der Waals surface area (Å²) >= 11 is 0. The minimum absolute atomic E-state index is 0. The Bertz CT molecular complexity index is 252. The molecule has 1 saturated heterocycles. The van der Waals surface area contributed by atoms with E-state index < -0.39 is 0 Å². The monoisotopic (exact) mass is 382 g/mol. The Morgan fingerprint density at radius 1 is 1.26 bits per heavy atom. The first kappa shape index (κ1) is 19.0. The second-order valence-electron chi connectivity index (χ2n) is 5.52. The Balaban J connectivity index is 0.00000324. The average Bonchev–Trinajstić information content (AvgIpc) is 2.86. The number of hydrogen-bond donors (Lipinski definition) is 2. The minimum atomic E-state index is 0. The predicted octanol–water partition coefficient (Wildman–Crippen LogP) is 2.30. The lowest BCUT2D eigenvalue weighted by atomic mass is 10.1. The molecule has 1 rings (SSSR count). The molecule has 1 aliphatic rings. The number of guanidine groups is 1. The van der Waals surface area contributed by atoms with Gasteiger partial charge in [0, 0.05) is 26.2 Å². The van der Waals surface area contributed by atoms with Crippen molar-refractivity contribution in [1.29, 1.82) is 0 Å². The van der Waals surface area contributed by atoms with Crippen molar-refractivity contribution in [1.82, 2.24) is 15.5 Å². The number of likely N-dealkylation sites (tertiary alicyclic amines) is 1. The van der Waals surface area contributed by atoms with Gasteiger partial charge in [-0.05, 0) is 45.2 Å². The van der Waals surface area contributed by atoms with Crippen LogP contribution >= 0.6 is 24.0 Å². The molecule has 0 aromatic rings. The van der Waals surface area contributed by atoms with Gasteiger partial charge in [-0.3, -0.25) is 4.99 Å². The van der Waals surface area contributed by atoms with Gasteiger partial charge in [-0.15, -0.1) is 24.0 Å². The third-order valence-electron chi connectivity index (χ3n) is 3.61. The van der Waals surface area contributed by atoms with E-state index in [1.807, 2.05) is 7.05 Å². The van der Waals surface area contributed by atoms with Crippen LogP contribution in [0.4, 0.5) is 0 Å². The van der Waals surface area contributed by atoms with E-state index in [0.717, 1.165) is 18.9 Å². The Morgan fingerprint density at radius 2 is 1.89 bits per heavy atom. The van der Waals surface area contributed by atoms with E-state index in [4.69, 9.17) is 0 Å². The maximum absolute atomic E-state index is 4.26. The van der Waals surface area contributed by atoms with Gasteiger partial charge in [0.1, 0.15) is 0 Å². The molecule has 1 aliphatic heterocycles. The largest absolute Gasteiger partial charge is 0.356 e. The first-order chi connectivity index (χ1) is 8.65. The normalized spacial score (nSPS) is 19.7. The molecular weight excluding hydrogens is 351 g/mol. The molecule has 0 spiro atoms. The number of nitrogens with one attached hydrogen (secondary N) is 2. The van der Waals surface area contributed by atoms with Crippen molar-refractivity contribution in [2.24, 2.45) is 10.9 Å². The standard InChI is InChI=1S/C14H30N4.HI/c1-5-13(3)17-14(15-4)16-10-12(2)11-18-8-6-7-9-18;/h12-13H,5-11H2,1-4H3,(H2,15,16,17);1H. The highest BCUT2D eigenvalue weighted by Crippen LogP contribution is 2.09. The van der Waals surface area contributed by atoms with Gasteiger partial charge in [0.25, 0.3) is 0 Å². The van der Waals surface area contributed by atoms with E-state index in [-0.39, 0.29) is 24.0 Å². The van der Waals surface area contributed by atoms with E-state index in [9.17, 15) is 0 Å². The van der Waals surface area contributed by atoms with Crippen LogP contribution in [0.1, 0.15) is 40.0 Å². The molecule has 0 amide bonds. The molecule has 0 saturated carbocycles. The second-order valence-corrected chi connectivity index (χ2v) is 5.52. The fraction of sp³-hybridized carbons (Fsp3) is 0.929. The Hall–Kier alpha value is -0.0400. The van der Waals surface area contributed by atoms with Crippen molar-refractivity contribution in [3.63, 3.8) is 0 Å². The van der Waals surface area contributed by atoms with Crippen LogP contribution in [0.15, 0.2) is 4.99 Å². The summed E-state index contributed by atoms with van der Waals surface area (Å²) in [6.45, 7) is 11.4. The third-order valence-corrected chi connectivity index (χ3v) is 3.61. The first-order valence-corrected chi connectivity index (χ1v) is 7.35. The number of hydrogen-bond acceptors (Lipinski definition) is 2. The van der Waals surface area contributed by atoms with Crippen LogP contribution in [0.5, 0.6) is 0 Å². The highest BCUT2D eigenvalue weighted by Gasteiger charge is 2.14. The molecule has 19 heavy (non-hydrogen) atoms. The van der Waals surface area contributed by atoms with E-state index >= 15 is 0 Å². The smallest absolute Gasteiger partial charge is 0.191 e. The molecule has 0 bridgehead atoms. The molecule has 2 atom stereocenters. The van der Waals surface area contributed by atoms with Crippen molar-refractivity contribution in [3.05, 3.63) is 0 Å². The zero-order valence-electron chi connectivity index (χ0n) is 12.9. The number of nitrogens with zero attached hydrogens (tertiary/aromatic N) is 2. The maximum atomic E-state index is 4.26. The average molecular weight is 382 g/mol. The highest BCUT2D eigenvalue weighted by atomic mass is 127. The Morgan fingerprint density at radius 3 is 2.42 bits per heavy atom. The lowest BCUT2D eigenvalue weighted by Crippen LogP contribution is -2.44. The van der Waals surface area contributed by atoms with Crippen LogP contribution in [0.3, 0.4) is 0 Å². The van der Waals surface area contributed by atoms with Crippen LogP contribution in [0.2, 0.25) is 0 Å². The van der Waals surface area contributed by atoms with Crippen molar-refractivity contribution in [3.8, 4) is 0 Å². The summed E-state index contributed by atoms with van der Waals surface area (Å²) in [7, 11) is 1.84. The fourth-order valence-corrected chi connectivity index (χ4v) is 2.27. The summed E-state index contributed by atoms with van der Waals surface area (Å²) in [6, 6.07) is 0.477.